The number of fused-ring (bicyclic) bond motifs is 1. The number of ether oxygens (including phenoxy) is 1. The van der Waals surface area contributed by atoms with Crippen molar-refractivity contribution in [3.05, 3.63) is 65.7 Å². The van der Waals surface area contributed by atoms with Crippen LogP contribution >= 0.6 is 11.5 Å². The number of sulfonamides is 1. The average Bonchev–Trinajstić information content (AvgIpc) is 3.35. The van der Waals surface area contributed by atoms with Crippen molar-refractivity contribution in [1.29, 1.82) is 0 Å². The van der Waals surface area contributed by atoms with Gasteiger partial charge in [0.15, 0.2) is 5.60 Å². The maximum absolute atomic E-state index is 13.8. The van der Waals surface area contributed by atoms with Crippen LogP contribution in [0.1, 0.15) is 42.5 Å². The number of benzene rings is 2. The lowest BCUT2D eigenvalue weighted by Crippen LogP contribution is -2.55. The van der Waals surface area contributed by atoms with Crippen LogP contribution in [0.15, 0.2) is 53.7 Å². The van der Waals surface area contributed by atoms with Gasteiger partial charge in [0.1, 0.15) is 17.9 Å². The highest BCUT2D eigenvalue weighted by atomic mass is 32.2. The van der Waals surface area contributed by atoms with Crippen LogP contribution in [0, 0.1) is 5.82 Å². The number of aliphatic hydroxyl groups is 1. The first-order valence-corrected chi connectivity index (χ1v) is 13.6. The van der Waals surface area contributed by atoms with Crippen LogP contribution in [0.3, 0.4) is 0 Å². The highest BCUT2D eigenvalue weighted by Crippen LogP contribution is 2.50. The zero-order valence-corrected chi connectivity index (χ0v) is 20.8. The van der Waals surface area contributed by atoms with Crippen molar-refractivity contribution in [3.8, 4) is 5.75 Å². The van der Waals surface area contributed by atoms with E-state index in [1.54, 1.807) is 6.07 Å². The first-order valence-electron chi connectivity index (χ1n) is 11.3. The number of alkyl halides is 3. The summed E-state index contributed by atoms with van der Waals surface area (Å²) in [6, 6.07) is 8.27. The summed E-state index contributed by atoms with van der Waals surface area (Å²) in [7, 11) is -3.98. The highest BCUT2D eigenvalue weighted by molar-refractivity contribution is 7.93. The second-order valence-corrected chi connectivity index (χ2v) is 11.5. The molecule has 0 spiro atoms. The number of hydrogen-bond donors (Lipinski definition) is 2. The molecule has 5 rings (SSSR count). The van der Waals surface area contributed by atoms with Crippen LogP contribution in [-0.4, -0.2) is 52.7 Å². The lowest BCUT2D eigenvalue weighted by atomic mass is 9.81. The van der Waals surface area contributed by atoms with Crippen molar-refractivity contribution in [2.75, 3.05) is 17.9 Å². The maximum Gasteiger partial charge on any atom is 0.417 e. The Morgan fingerprint density at radius 1 is 1.16 bits per heavy atom. The van der Waals surface area contributed by atoms with Crippen molar-refractivity contribution < 1.29 is 35.8 Å². The average molecular weight is 559 g/mol. The fraction of sp³-hybridized carbons (Fsp3) is 0.391. The van der Waals surface area contributed by atoms with Crippen molar-refractivity contribution in [3.63, 3.8) is 0 Å². The second-order valence-electron chi connectivity index (χ2n) is 8.99. The molecule has 0 bridgehead atoms. The number of aromatic nitrogens is 2. The third-order valence-electron chi connectivity index (χ3n) is 6.78. The molecule has 8 nitrogen and oxygen atoms in total. The molecule has 3 aromatic rings. The van der Waals surface area contributed by atoms with E-state index in [-0.39, 0.29) is 23.2 Å². The number of nitrogens with one attached hydrogen (secondary N) is 1. The van der Waals surface area contributed by atoms with Crippen molar-refractivity contribution >= 4 is 26.7 Å². The van der Waals surface area contributed by atoms with Gasteiger partial charge in [0, 0.05) is 54.6 Å². The van der Waals surface area contributed by atoms with Gasteiger partial charge in [-0.25, -0.2) is 17.8 Å². The Morgan fingerprint density at radius 2 is 1.92 bits per heavy atom. The fourth-order valence-electron chi connectivity index (χ4n) is 4.89. The number of rotatable bonds is 5. The molecule has 37 heavy (non-hydrogen) atoms. The van der Waals surface area contributed by atoms with Gasteiger partial charge in [-0.2, -0.15) is 17.5 Å². The van der Waals surface area contributed by atoms with Gasteiger partial charge in [0.2, 0.25) is 5.13 Å². The third kappa shape index (κ3) is 5.02. The van der Waals surface area contributed by atoms with Gasteiger partial charge in [0.25, 0.3) is 10.0 Å². The Morgan fingerprint density at radius 3 is 2.59 bits per heavy atom. The van der Waals surface area contributed by atoms with Gasteiger partial charge in [-0.15, -0.1) is 0 Å². The molecule has 2 aromatic carbocycles. The predicted molar refractivity (Wildman–Crippen MR) is 126 cm³/mol. The largest absolute Gasteiger partial charge is 0.493 e. The minimum Gasteiger partial charge on any atom is -0.493 e. The monoisotopic (exact) mass is 558 g/mol. The molecule has 2 aliphatic rings. The van der Waals surface area contributed by atoms with E-state index < -0.39 is 52.5 Å². The number of piperidine rings is 1. The van der Waals surface area contributed by atoms with E-state index in [2.05, 4.69) is 14.1 Å². The molecule has 14 heteroatoms. The number of likely N-dealkylation sites (tertiary alicyclic amines) is 1. The Hall–Kier alpha value is -2.81. The lowest BCUT2D eigenvalue weighted by Gasteiger charge is -2.48. The van der Waals surface area contributed by atoms with Gasteiger partial charge in [-0.05, 0) is 30.2 Å². The SMILES string of the molecule is O=S(=O)(Nc1ncns1)c1ccc2c(c1)OCC[C@@H]2N1CC[C@](O)(C(F)(F)F)C[C@@H]1c1ccc(F)cc1. The Balaban J connectivity index is 1.48. The molecular weight excluding hydrogens is 536 g/mol. The zero-order valence-electron chi connectivity index (χ0n) is 19.2. The van der Waals surface area contributed by atoms with E-state index >= 15 is 0 Å². The van der Waals surface area contributed by atoms with E-state index in [9.17, 15) is 31.1 Å². The van der Waals surface area contributed by atoms with Crippen LogP contribution in [0.4, 0.5) is 22.7 Å². The zero-order chi connectivity index (χ0) is 26.4. The number of hydrogen-bond acceptors (Lipinski definition) is 8. The summed E-state index contributed by atoms with van der Waals surface area (Å²) in [4.78, 5) is 5.60. The molecule has 1 saturated heterocycles. The molecule has 3 atom stereocenters. The van der Waals surface area contributed by atoms with Crippen LogP contribution in [0.25, 0.3) is 0 Å². The highest BCUT2D eigenvalue weighted by Gasteiger charge is 2.57. The molecular formula is C23H22F4N4O4S2. The minimum absolute atomic E-state index is 0.0673. The van der Waals surface area contributed by atoms with Gasteiger partial charge in [0.05, 0.1) is 11.5 Å². The molecule has 1 aromatic heterocycles. The van der Waals surface area contributed by atoms with E-state index in [1.807, 2.05) is 4.90 Å². The Kier molecular flexibility index (Phi) is 6.63. The predicted octanol–water partition coefficient (Wildman–Crippen LogP) is 4.43. The van der Waals surface area contributed by atoms with E-state index in [0.29, 0.717) is 23.3 Å². The van der Waals surface area contributed by atoms with E-state index in [0.717, 1.165) is 11.5 Å². The number of nitrogens with zero attached hydrogens (tertiary/aromatic N) is 3. The van der Waals surface area contributed by atoms with Crippen molar-refractivity contribution in [2.45, 2.75) is 48.0 Å². The quantitative estimate of drug-likeness (QED) is 0.447. The summed E-state index contributed by atoms with van der Waals surface area (Å²) in [5, 5.41) is 10.6. The summed E-state index contributed by atoms with van der Waals surface area (Å²) in [5.74, 6) is -0.226. The molecule has 2 aliphatic heterocycles. The molecule has 0 unspecified atom stereocenters. The normalized spacial score (nSPS) is 24.8. The van der Waals surface area contributed by atoms with Crippen molar-refractivity contribution in [1.82, 2.24) is 14.3 Å². The smallest absolute Gasteiger partial charge is 0.417 e. The summed E-state index contributed by atoms with van der Waals surface area (Å²) >= 11 is 0.880. The Bertz CT molecular complexity index is 1370. The molecule has 0 amide bonds. The second kappa shape index (κ2) is 9.49. The molecule has 1 fully saturated rings. The molecule has 0 radical (unpaired) electrons. The fourth-order valence-corrected chi connectivity index (χ4v) is 6.56. The summed E-state index contributed by atoms with van der Waals surface area (Å²) in [6.45, 7) is 0.127. The van der Waals surface area contributed by atoms with Crippen LogP contribution in [-0.2, 0) is 10.0 Å². The number of halogens is 4. The molecule has 0 aliphatic carbocycles. The topological polar surface area (TPSA) is 105 Å². The van der Waals surface area contributed by atoms with Crippen LogP contribution in [0.2, 0.25) is 0 Å². The van der Waals surface area contributed by atoms with Gasteiger partial charge in [-0.1, -0.05) is 18.2 Å². The van der Waals surface area contributed by atoms with Gasteiger partial charge < -0.3 is 9.84 Å². The Labute approximate surface area is 214 Å². The standard InChI is InChI=1S/C23H22F4N4O4S2/c24-15-3-1-14(2-4-15)19-12-22(32,23(25,26)27)8-9-31(19)18-7-10-35-20-11-16(5-6-17(18)20)37(33,34)30-21-28-13-29-36-21/h1-6,11,13,18-19,32H,7-10,12H2,(H,28,29,30)/t18-,19+,22+/m0/s1. The summed E-state index contributed by atoms with van der Waals surface area (Å²) in [6.07, 6.45) is -4.32. The van der Waals surface area contributed by atoms with Gasteiger partial charge in [-0.3, -0.25) is 9.62 Å². The lowest BCUT2D eigenvalue weighted by molar-refractivity contribution is -0.280. The molecule has 198 valence electrons. The maximum atomic E-state index is 13.8. The van der Waals surface area contributed by atoms with E-state index in [4.69, 9.17) is 4.74 Å². The summed E-state index contributed by atoms with van der Waals surface area (Å²) < 4.78 is 92.3. The minimum atomic E-state index is -4.83. The molecule has 3 heterocycles. The van der Waals surface area contributed by atoms with Crippen molar-refractivity contribution in [2.24, 2.45) is 0 Å². The summed E-state index contributed by atoms with van der Waals surface area (Å²) in [5.41, 5.74) is -1.83. The third-order valence-corrected chi connectivity index (χ3v) is 8.83. The van der Waals surface area contributed by atoms with Crippen LogP contribution < -0.4 is 9.46 Å². The van der Waals surface area contributed by atoms with E-state index in [1.165, 1.54) is 42.7 Å². The molecule has 2 N–H and O–H groups in total. The number of anilines is 1. The van der Waals surface area contributed by atoms with Crippen LogP contribution in [0.5, 0.6) is 5.75 Å². The molecule has 0 saturated carbocycles. The first-order chi connectivity index (χ1) is 17.5. The van der Waals surface area contributed by atoms with Gasteiger partial charge >= 0.3 is 6.18 Å². The first kappa shape index (κ1) is 25.8.